The van der Waals surface area contributed by atoms with E-state index in [1.54, 1.807) is 18.2 Å². The van der Waals surface area contributed by atoms with E-state index < -0.39 is 0 Å². The van der Waals surface area contributed by atoms with Gasteiger partial charge >= 0.3 is 0 Å². The van der Waals surface area contributed by atoms with Gasteiger partial charge in [0.2, 0.25) is 0 Å². The Morgan fingerprint density at radius 3 is 2.35 bits per heavy atom. The Balaban J connectivity index is 3.16. The van der Waals surface area contributed by atoms with Crippen molar-refractivity contribution in [3.63, 3.8) is 0 Å². The molecular weight excluding hydrogens is 326 g/mol. The van der Waals surface area contributed by atoms with Crippen molar-refractivity contribution in [2.75, 3.05) is 33.9 Å². The van der Waals surface area contributed by atoms with Crippen LogP contribution in [0.15, 0.2) is 29.3 Å². The van der Waals surface area contributed by atoms with Gasteiger partial charge < -0.3 is 19.5 Å². The summed E-state index contributed by atoms with van der Waals surface area (Å²) in [5, 5.41) is 9.02. The summed E-state index contributed by atoms with van der Waals surface area (Å²) in [5.74, 6) is 0.800. The minimum Gasteiger partial charge on any atom is -0.495 e. The molecule has 0 atom stereocenters. The average molecular weight is 344 g/mol. The van der Waals surface area contributed by atoms with Gasteiger partial charge in [-0.2, -0.15) is 0 Å². The number of hydrogen-bond acceptors (Lipinski definition) is 4. The highest BCUT2D eigenvalue weighted by Gasteiger charge is 2.18. The summed E-state index contributed by atoms with van der Waals surface area (Å²) in [6.07, 6.45) is 1.61. The lowest BCUT2D eigenvalue weighted by molar-refractivity contribution is 0.0742. The molecule has 0 aliphatic rings. The van der Waals surface area contributed by atoms with Gasteiger partial charge in [0.15, 0.2) is 0 Å². The first-order valence-electron chi connectivity index (χ1n) is 6.01. The standard InChI is InChI=1S/C14H18BrNO4/c1-4-5-16(6-7-17)14(18)10-8-11(19-2)13(15)12(9-10)20-3/h4,8-9,17H,1,5-7H2,2-3H3. The molecule has 0 saturated carbocycles. The van der Waals surface area contributed by atoms with Crippen molar-refractivity contribution in [3.8, 4) is 11.5 Å². The first-order valence-corrected chi connectivity index (χ1v) is 6.80. The lowest BCUT2D eigenvalue weighted by Crippen LogP contribution is -2.33. The van der Waals surface area contributed by atoms with Gasteiger partial charge in [0, 0.05) is 18.7 Å². The molecule has 0 aliphatic heterocycles. The molecule has 0 spiro atoms. The molecule has 110 valence electrons. The highest BCUT2D eigenvalue weighted by Crippen LogP contribution is 2.35. The van der Waals surface area contributed by atoms with Crippen molar-refractivity contribution < 1.29 is 19.4 Å². The van der Waals surface area contributed by atoms with Crippen molar-refractivity contribution in [2.45, 2.75) is 0 Å². The normalized spacial score (nSPS) is 10.0. The topological polar surface area (TPSA) is 59.0 Å². The number of carbonyl (C=O) groups is 1. The van der Waals surface area contributed by atoms with Crippen molar-refractivity contribution in [1.29, 1.82) is 0 Å². The zero-order chi connectivity index (χ0) is 15.1. The Labute approximate surface area is 126 Å². The molecule has 0 unspecified atom stereocenters. The van der Waals surface area contributed by atoms with Crippen LogP contribution in [0.4, 0.5) is 0 Å². The predicted molar refractivity (Wildman–Crippen MR) is 80.4 cm³/mol. The Morgan fingerprint density at radius 2 is 1.95 bits per heavy atom. The minimum atomic E-state index is -0.219. The van der Waals surface area contributed by atoms with Crippen LogP contribution in [0.1, 0.15) is 10.4 Å². The molecule has 0 bridgehead atoms. The second-order valence-corrected chi connectivity index (χ2v) is 4.75. The predicted octanol–water partition coefficient (Wildman–Crippen LogP) is 2.09. The van der Waals surface area contributed by atoms with E-state index in [-0.39, 0.29) is 19.1 Å². The lowest BCUT2D eigenvalue weighted by Gasteiger charge is -2.21. The SMILES string of the molecule is C=CCN(CCO)C(=O)c1cc(OC)c(Br)c(OC)c1. The quantitative estimate of drug-likeness (QED) is 0.770. The van der Waals surface area contributed by atoms with Gasteiger partial charge in [-0.25, -0.2) is 0 Å². The molecular formula is C14H18BrNO4. The van der Waals surface area contributed by atoms with E-state index in [4.69, 9.17) is 14.6 Å². The first kappa shape index (κ1) is 16.5. The van der Waals surface area contributed by atoms with Crippen LogP contribution in [0.25, 0.3) is 0 Å². The molecule has 1 aromatic rings. The summed E-state index contributed by atoms with van der Waals surface area (Å²) in [4.78, 5) is 13.9. The summed E-state index contributed by atoms with van der Waals surface area (Å²) in [6.45, 7) is 4.10. The smallest absolute Gasteiger partial charge is 0.254 e. The number of halogens is 1. The lowest BCUT2D eigenvalue weighted by atomic mass is 10.1. The zero-order valence-corrected chi connectivity index (χ0v) is 13.1. The van der Waals surface area contributed by atoms with Crippen molar-refractivity contribution in [1.82, 2.24) is 4.90 Å². The Hall–Kier alpha value is -1.53. The fourth-order valence-corrected chi connectivity index (χ4v) is 2.28. The fraction of sp³-hybridized carbons (Fsp3) is 0.357. The number of aliphatic hydroxyl groups excluding tert-OH is 1. The third kappa shape index (κ3) is 3.74. The summed E-state index contributed by atoms with van der Waals surface area (Å²) in [7, 11) is 3.03. The molecule has 1 N–H and O–H groups in total. The maximum Gasteiger partial charge on any atom is 0.254 e. The van der Waals surface area contributed by atoms with Crippen LogP contribution in [-0.2, 0) is 0 Å². The highest BCUT2D eigenvalue weighted by molar-refractivity contribution is 9.10. The summed E-state index contributed by atoms with van der Waals surface area (Å²) in [5.41, 5.74) is 0.428. The van der Waals surface area contributed by atoms with Crippen LogP contribution in [0.5, 0.6) is 11.5 Å². The molecule has 0 saturated heterocycles. The van der Waals surface area contributed by atoms with Gasteiger partial charge in [0.05, 0.1) is 20.8 Å². The van der Waals surface area contributed by atoms with Crippen molar-refractivity contribution >= 4 is 21.8 Å². The first-order chi connectivity index (χ1) is 9.58. The Bertz CT molecular complexity index is 465. The van der Waals surface area contributed by atoms with Gasteiger partial charge in [0.25, 0.3) is 5.91 Å². The summed E-state index contributed by atoms with van der Waals surface area (Å²) < 4.78 is 11.1. The summed E-state index contributed by atoms with van der Waals surface area (Å²) >= 11 is 3.35. The molecule has 0 heterocycles. The molecule has 1 amide bonds. The fourth-order valence-electron chi connectivity index (χ4n) is 1.73. The van der Waals surface area contributed by atoms with Crippen LogP contribution in [0.3, 0.4) is 0 Å². The van der Waals surface area contributed by atoms with E-state index >= 15 is 0 Å². The molecule has 0 aromatic heterocycles. The second kappa shape index (κ2) is 7.91. The molecule has 0 fully saturated rings. The molecule has 1 aromatic carbocycles. The van der Waals surface area contributed by atoms with Crippen LogP contribution in [0, 0.1) is 0 Å². The maximum absolute atomic E-state index is 12.4. The van der Waals surface area contributed by atoms with E-state index in [0.29, 0.717) is 28.1 Å². The van der Waals surface area contributed by atoms with E-state index in [1.165, 1.54) is 19.1 Å². The van der Waals surface area contributed by atoms with Crippen molar-refractivity contribution in [3.05, 3.63) is 34.8 Å². The van der Waals surface area contributed by atoms with Gasteiger partial charge in [-0.05, 0) is 28.1 Å². The van der Waals surface area contributed by atoms with Gasteiger partial charge in [0.1, 0.15) is 16.0 Å². The molecule has 5 nitrogen and oxygen atoms in total. The number of hydrogen-bond donors (Lipinski definition) is 1. The van der Waals surface area contributed by atoms with Crippen LogP contribution < -0.4 is 9.47 Å². The van der Waals surface area contributed by atoms with Crippen LogP contribution in [0.2, 0.25) is 0 Å². The van der Waals surface area contributed by atoms with Crippen LogP contribution >= 0.6 is 15.9 Å². The molecule has 1 rings (SSSR count). The maximum atomic E-state index is 12.4. The average Bonchev–Trinajstić information content (AvgIpc) is 2.46. The monoisotopic (exact) mass is 343 g/mol. The van der Waals surface area contributed by atoms with E-state index in [2.05, 4.69) is 22.5 Å². The third-order valence-corrected chi connectivity index (χ3v) is 3.48. The number of aliphatic hydroxyl groups is 1. The number of ether oxygens (including phenoxy) is 2. The third-order valence-electron chi connectivity index (χ3n) is 2.70. The van der Waals surface area contributed by atoms with Gasteiger partial charge in [-0.3, -0.25) is 4.79 Å². The Morgan fingerprint density at radius 1 is 1.40 bits per heavy atom. The minimum absolute atomic E-state index is 0.107. The van der Waals surface area contributed by atoms with Crippen LogP contribution in [-0.4, -0.2) is 49.8 Å². The number of rotatable bonds is 7. The van der Waals surface area contributed by atoms with E-state index in [9.17, 15) is 4.79 Å². The number of methoxy groups -OCH3 is 2. The zero-order valence-electron chi connectivity index (χ0n) is 11.6. The number of carbonyl (C=O) groups excluding carboxylic acids is 1. The second-order valence-electron chi connectivity index (χ2n) is 3.96. The molecule has 0 radical (unpaired) electrons. The number of nitrogens with zero attached hydrogens (tertiary/aromatic N) is 1. The Kier molecular flexibility index (Phi) is 6.54. The summed E-state index contributed by atoms with van der Waals surface area (Å²) in [6, 6.07) is 3.25. The molecule has 20 heavy (non-hydrogen) atoms. The highest BCUT2D eigenvalue weighted by atomic mass is 79.9. The van der Waals surface area contributed by atoms with Gasteiger partial charge in [-0.1, -0.05) is 6.08 Å². The van der Waals surface area contributed by atoms with Crippen molar-refractivity contribution in [2.24, 2.45) is 0 Å². The number of benzene rings is 1. The molecule has 6 heteroatoms. The molecule has 0 aliphatic carbocycles. The van der Waals surface area contributed by atoms with E-state index in [1.807, 2.05) is 0 Å². The van der Waals surface area contributed by atoms with Gasteiger partial charge in [-0.15, -0.1) is 6.58 Å². The van der Waals surface area contributed by atoms with E-state index in [0.717, 1.165) is 0 Å². The largest absolute Gasteiger partial charge is 0.495 e. The number of amides is 1.